The fraction of sp³-hybridized carbons (Fsp3) is 0.407. The number of aromatic amines is 1. The number of ether oxygens (including phenoxy) is 2. The number of nitrogens with zero attached hydrogens (tertiary/aromatic N) is 1. The summed E-state index contributed by atoms with van der Waals surface area (Å²) in [7, 11) is 0. The SMILES string of the molecule is [2H][C@@]1(C(=O)OCC)CN2CCc3c([nH]c4ccccc34)[C@H]2[C@H](C(=O)OCC)[C@@H]1c1ccccc1. The van der Waals surface area contributed by atoms with Gasteiger partial charge in [0.1, 0.15) is 0 Å². The standard InChI is InChI=1S/C27H30N2O4/c1-3-32-26(30)20-16-29-15-14-19-18-12-8-9-13-21(18)28-24(19)25(29)23(27(31)33-4-2)22(20)17-10-6-5-7-11-17/h5-13,20,22-23,25,28H,3-4,14-16H2,1-2H3/t20-,22-,23-,25-/m1/s1/i20D. The number of hydrogen-bond acceptors (Lipinski definition) is 5. The third-order valence-electron chi connectivity index (χ3n) is 6.89. The predicted molar refractivity (Wildman–Crippen MR) is 126 cm³/mol. The van der Waals surface area contributed by atoms with Gasteiger partial charge in [0.05, 0.1) is 31.1 Å². The number of hydrogen-bond donors (Lipinski definition) is 1. The zero-order valence-electron chi connectivity index (χ0n) is 20.0. The molecular weight excluding hydrogens is 416 g/mol. The first-order chi connectivity index (χ1) is 16.5. The van der Waals surface area contributed by atoms with Crippen LogP contribution < -0.4 is 0 Å². The van der Waals surface area contributed by atoms with Crippen LogP contribution in [0, 0.1) is 11.8 Å². The molecule has 0 unspecified atom stereocenters. The van der Waals surface area contributed by atoms with Gasteiger partial charge in [-0.15, -0.1) is 0 Å². The number of carbonyl (C=O) groups is 2. The number of para-hydroxylation sites is 1. The van der Waals surface area contributed by atoms with Crippen molar-refractivity contribution in [1.29, 1.82) is 0 Å². The van der Waals surface area contributed by atoms with Crippen molar-refractivity contribution in [3.63, 3.8) is 0 Å². The second-order valence-corrected chi connectivity index (χ2v) is 8.64. The van der Waals surface area contributed by atoms with Crippen LogP contribution in [0.5, 0.6) is 0 Å². The Bertz CT molecular complexity index is 1210. The van der Waals surface area contributed by atoms with Crippen LogP contribution in [0.25, 0.3) is 10.9 Å². The normalized spacial score (nSPS) is 27.3. The highest BCUT2D eigenvalue weighted by molar-refractivity contribution is 5.86. The van der Waals surface area contributed by atoms with E-state index in [9.17, 15) is 11.0 Å². The first kappa shape index (κ1) is 20.5. The molecule has 1 saturated heterocycles. The van der Waals surface area contributed by atoms with Crippen molar-refractivity contribution in [3.05, 3.63) is 71.4 Å². The van der Waals surface area contributed by atoms with Gasteiger partial charge in [0.25, 0.3) is 0 Å². The molecule has 3 heterocycles. The molecule has 33 heavy (non-hydrogen) atoms. The minimum absolute atomic E-state index is 0.181. The molecule has 0 saturated carbocycles. The molecule has 2 aromatic carbocycles. The summed E-state index contributed by atoms with van der Waals surface area (Å²) in [4.78, 5) is 32.6. The number of aromatic nitrogens is 1. The van der Waals surface area contributed by atoms with Crippen LogP contribution in [-0.2, 0) is 25.5 Å². The summed E-state index contributed by atoms with van der Waals surface area (Å²) in [5.74, 6) is -4.09. The molecule has 1 aromatic heterocycles. The Morgan fingerprint density at radius 1 is 1.03 bits per heavy atom. The van der Waals surface area contributed by atoms with Crippen LogP contribution in [0.1, 0.15) is 44.0 Å². The lowest BCUT2D eigenvalue weighted by Gasteiger charge is -2.49. The molecule has 0 bridgehead atoms. The summed E-state index contributed by atoms with van der Waals surface area (Å²) in [6.07, 6.45) is 0.778. The Morgan fingerprint density at radius 3 is 2.48 bits per heavy atom. The van der Waals surface area contributed by atoms with Crippen LogP contribution >= 0.6 is 0 Å². The van der Waals surface area contributed by atoms with Crippen molar-refractivity contribution in [3.8, 4) is 0 Å². The average Bonchev–Trinajstić information content (AvgIpc) is 3.22. The maximum atomic E-state index is 13.6. The Kier molecular flexibility index (Phi) is 5.60. The largest absolute Gasteiger partial charge is 0.466 e. The Morgan fingerprint density at radius 2 is 1.73 bits per heavy atom. The van der Waals surface area contributed by atoms with Gasteiger partial charge >= 0.3 is 11.9 Å². The number of piperidine rings is 1. The van der Waals surface area contributed by atoms with Gasteiger partial charge in [-0.25, -0.2) is 0 Å². The van der Waals surface area contributed by atoms with Gasteiger partial charge in [-0.05, 0) is 37.5 Å². The summed E-state index contributed by atoms with van der Waals surface area (Å²) in [6.45, 7) is 4.77. The van der Waals surface area contributed by atoms with Gasteiger partial charge in [-0.2, -0.15) is 0 Å². The summed E-state index contributed by atoms with van der Waals surface area (Å²) >= 11 is 0. The van der Waals surface area contributed by atoms with Crippen molar-refractivity contribution in [1.82, 2.24) is 9.88 Å². The highest BCUT2D eigenvalue weighted by Gasteiger charge is 2.53. The van der Waals surface area contributed by atoms with Gasteiger partial charge < -0.3 is 14.5 Å². The van der Waals surface area contributed by atoms with Crippen molar-refractivity contribution in [2.24, 2.45) is 11.8 Å². The van der Waals surface area contributed by atoms with E-state index in [-0.39, 0.29) is 25.8 Å². The Labute approximate surface area is 195 Å². The Balaban J connectivity index is 1.72. The van der Waals surface area contributed by atoms with E-state index in [0.717, 1.165) is 28.6 Å². The maximum absolute atomic E-state index is 13.6. The third kappa shape index (κ3) is 3.72. The molecule has 5 rings (SSSR count). The summed E-state index contributed by atoms with van der Waals surface area (Å²) < 4.78 is 20.5. The second kappa shape index (κ2) is 9.02. The maximum Gasteiger partial charge on any atom is 0.311 e. The van der Waals surface area contributed by atoms with E-state index >= 15 is 0 Å². The Hall–Kier alpha value is -3.12. The minimum atomic E-state index is -1.64. The molecule has 2 aliphatic heterocycles. The quantitative estimate of drug-likeness (QED) is 0.593. The number of esters is 2. The summed E-state index contributed by atoms with van der Waals surface area (Å²) in [5.41, 5.74) is 3.98. The first-order valence-electron chi connectivity index (χ1n) is 12.2. The van der Waals surface area contributed by atoms with Crippen LogP contribution in [0.3, 0.4) is 0 Å². The molecule has 0 radical (unpaired) electrons. The van der Waals surface area contributed by atoms with Crippen LogP contribution in [0.4, 0.5) is 0 Å². The van der Waals surface area contributed by atoms with Gasteiger partial charge in [-0.3, -0.25) is 14.5 Å². The number of H-pyrrole nitrogens is 1. The molecular formula is C27H30N2O4. The molecule has 2 aliphatic rings. The molecule has 3 aromatic rings. The smallest absolute Gasteiger partial charge is 0.311 e. The molecule has 6 heteroatoms. The van der Waals surface area contributed by atoms with E-state index in [4.69, 9.17) is 9.47 Å². The van der Waals surface area contributed by atoms with Crippen molar-refractivity contribution in [2.75, 3.05) is 26.3 Å². The summed E-state index contributed by atoms with van der Waals surface area (Å²) in [6, 6.07) is 17.3. The molecule has 0 amide bonds. The zero-order valence-corrected chi connectivity index (χ0v) is 19.0. The molecule has 172 valence electrons. The molecule has 0 aliphatic carbocycles. The van der Waals surface area contributed by atoms with Crippen molar-refractivity contribution >= 4 is 22.8 Å². The van der Waals surface area contributed by atoms with E-state index in [2.05, 4.69) is 16.0 Å². The molecule has 6 nitrogen and oxygen atoms in total. The first-order valence-corrected chi connectivity index (χ1v) is 11.7. The molecule has 1 fully saturated rings. The second-order valence-electron chi connectivity index (χ2n) is 8.64. The van der Waals surface area contributed by atoms with E-state index < -0.39 is 29.7 Å². The van der Waals surface area contributed by atoms with Gasteiger partial charge in [-0.1, -0.05) is 48.5 Å². The fourth-order valence-electron chi connectivity index (χ4n) is 5.61. The lowest BCUT2D eigenvalue weighted by Crippen LogP contribution is -2.54. The number of benzene rings is 2. The molecule has 1 N–H and O–H groups in total. The zero-order chi connectivity index (χ0) is 23.9. The fourth-order valence-corrected chi connectivity index (χ4v) is 5.61. The van der Waals surface area contributed by atoms with E-state index in [1.54, 1.807) is 13.8 Å². The van der Waals surface area contributed by atoms with E-state index in [0.29, 0.717) is 6.54 Å². The van der Waals surface area contributed by atoms with Crippen molar-refractivity contribution < 1.29 is 20.4 Å². The van der Waals surface area contributed by atoms with Gasteiger partial charge in [0.15, 0.2) is 0 Å². The average molecular weight is 448 g/mol. The van der Waals surface area contributed by atoms with Gasteiger partial charge in [0, 0.05) is 37.0 Å². The summed E-state index contributed by atoms with van der Waals surface area (Å²) in [5, 5.41) is 1.16. The number of rotatable bonds is 5. The molecule has 0 spiro atoms. The number of carbonyl (C=O) groups excluding carboxylic acids is 2. The monoisotopic (exact) mass is 447 g/mol. The van der Waals surface area contributed by atoms with Crippen molar-refractivity contribution in [2.45, 2.75) is 32.2 Å². The minimum Gasteiger partial charge on any atom is -0.466 e. The molecule has 4 atom stereocenters. The highest BCUT2D eigenvalue weighted by atomic mass is 16.5. The third-order valence-corrected chi connectivity index (χ3v) is 6.89. The number of nitrogens with one attached hydrogen (secondary N) is 1. The van der Waals surface area contributed by atoms with Gasteiger partial charge in [0.2, 0.25) is 0 Å². The van der Waals surface area contributed by atoms with E-state index in [1.807, 2.05) is 48.5 Å². The van der Waals surface area contributed by atoms with Crippen LogP contribution in [-0.4, -0.2) is 48.1 Å². The van der Waals surface area contributed by atoms with Crippen LogP contribution in [0.2, 0.25) is 0 Å². The topological polar surface area (TPSA) is 71.6 Å². The lowest BCUT2D eigenvalue weighted by molar-refractivity contribution is -0.162. The lowest BCUT2D eigenvalue weighted by atomic mass is 9.67. The van der Waals surface area contributed by atoms with E-state index in [1.165, 1.54) is 5.56 Å². The number of fused-ring (bicyclic) bond motifs is 5. The van der Waals surface area contributed by atoms with Crippen LogP contribution in [0.15, 0.2) is 54.6 Å². The predicted octanol–water partition coefficient (Wildman–Crippen LogP) is 4.22. The highest BCUT2D eigenvalue weighted by Crippen LogP contribution is 2.51.